The van der Waals surface area contributed by atoms with E-state index in [1.54, 1.807) is 11.8 Å². The Morgan fingerprint density at radius 3 is 2.62 bits per heavy atom. The van der Waals surface area contributed by atoms with Crippen LogP contribution in [0.25, 0.3) is 10.9 Å². The summed E-state index contributed by atoms with van der Waals surface area (Å²) in [5, 5.41) is 11.6. The average Bonchev–Trinajstić information content (AvgIpc) is 3.14. The van der Waals surface area contributed by atoms with Crippen LogP contribution in [0.5, 0.6) is 5.75 Å². The molecule has 5 nitrogen and oxygen atoms in total. The van der Waals surface area contributed by atoms with Gasteiger partial charge in [-0.3, -0.25) is 9.69 Å². The van der Waals surface area contributed by atoms with Gasteiger partial charge >= 0.3 is 0 Å². The number of benzene rings is 2. The van der Waals surface area contributed by atoms with E-state index in [0.717, 1.165) is 43.0 Å². The first-order valence-electron chi connectivity index (χ1n) is 11.4. The minimum atomic E-state index is -0.0793. The number of rotatable bonds is 6. The van der Waals surface area contributed by atoms with E-state index in [-0.39, 0.29) is 11.7 Å². The van der Waals surface area contributed by atoms with Crippen molar-refractivity contribution in [1.82, 2.24) is 14.8 Å². The molecule has 166 valence electrons. The number of thioether (sulfide) groups is 1. The second-order valence-corrected chi connectivity index (χ2v) is 9.71. The van der Waals surface area contributed by atoms with Gasteiger partial charge in [-0.25, -0.2) is 4.98 Å². The molecule has 5 rings (SSSR count). The molecule has 2 aliphatic heterocycles. The van der Waals surface area contributed by atoms with Crippen LogP contribution in [0.4, 0.5) is 0 Å². The highest BCUT2D eigenvalue weighted by Crippen LogP contribution is 2.39. The summed E-state index contributed by atoms with van der Waals surface area (Å²) in [7, 11) is 0. The SMILES string of the molecule is CSc1cccc2nc3c(c(O)c12)C(=O)N(CCC1CCN(Cc2ccccc2)CC1)C3. The first-order valence-corrected chi connectivity index (χ1v) is 12.6. The van der Waals surface area contributed by atoms with E-state index in [0.29, 0.717) is 29.1 Å². The van der Waals surface area contributed by atoms with Gasteiger partial charge in [0.1, 0.15) is 11.3 Å². The molecule has 1 aromatic heterocycles. The lowest BCUT2D eigenvalue weighted by molar-refractivity contribution is 0.0755. The second-order valence-electron chi connectivity index (χ2n) is 8.86. The van der Waals surface area contributed by atoms with Gasteiger partial charge in [0, 0.05) is 18.0 Å². The van der Waals surface area contributed by atoms with Crippen LogP contribution >= 0.6 is 11.8 Å². The minimum absolute atomic E-state index is 0.0793. The van der Waals surface area contributed by atoms with Crippen LogP contribution in [-0.2, 0) is 13.1 Å². The lowest BCUT2D eigenvalue weighted by Crippen LogP contribution is -2.35. The van der Waals surface area contributed by atoms with Gasteiger partial charge in [-0.15, -0.1) is 11.8 Å². The van der Waals surface area contributed by atoms with Gasteiger partial charge in [0.25, 0.3) is 5.91 Å². The summed E-state index contributed by atoms with van der Waals surface area (Å²) in [6.45, 7) is 4.46. The number of hydrogen-bond donors (Lipinski definition) is 1. The van der Waals surface area contributed by atoms with Crippen molar-refractivity contribution in [3.8, 4) is 5.75 Å². The number of carbonyl (C=O) groups is 1. The molecule has 3 heterocycles. The summed E-state index contributed by atoms with van der Waals surface area (Å²) in [6, 6.07) is 16.5. The maximum Gasteiger partial charge on any atom is 0.259 e. The zero-order valence-electron chi connectivity index (χ0n) is 18.5. The molecule has 0 aliphatic carbocycles. The maximum absolute atomic E-state index is 13.1. The first kappa shape index (κ1) is 21.3. The summed E-state index contributed by atoms with van der Waals surface area (Å²) < 4.78 is 0. The maximum atomic E-state index is 13.1. The summed E-state index contributed by atoms with van der Waals surface area (Å²) in [5.74, 6) is 0.656. The van der Waals surface area contributed by atoms with Crippen LogP contribution in [0.15, 0.2) is 53.4 Å². The molecule has 0 unspecified atom stereocenters. The fraction of sp³-hybridized carbons (Fsp3) is 0.385. The lowest BCUT2D eigenvalue weighted by Gasteiger charge is -2.32. The molecule has 32 heavy (non-hydrogen) atoms. The molecule has 1 fully saturated rings. The Labute approximate surface area is 193 Å². The predicted molar refractivity (Wildman–Crippen MR) is 129 cm³/mol. The Bertz CT molecular complexity index is 1130. The number of pyridine rings is 1. The smallest absolute Gasteiger partial charge is 0.259 e. The number of fused-ring (bicyclic) bond motifs is 2. The normalized spacial score (nSPS) is 17.3. The van der Waals surface area contributed by atoms with Crippen molar-refractivity contribution in [2.24, 2.45) is 5.92 Å². The highest BCUT2D eigenvalue weighted by Gasteiger charge is 2.33. The molecule has 0 saturated carbocycles. The molecule has 0 spiro atoms. The number of nitrogens with zero attached hydrogens (tertiary/aromatic N) is 3. The molecule has 0 bridgehead atoms. The largest absolute Gasteiger partial charge is 0.506 e. The van der Waals surface area contributed by atoms with Gasteiger partial charge in [0.05, 0.1) is 23.1 Å². The summed E-state index contributed by atoms with van der Waals surface area (Å²) >= 11 is 1.56. The van der Waals surface area contributed by atoms with E-state index in [2.05, 4.69) is 35.2 Å². The summed E-state index contributed by atoms with van der Waals surface area (Å²) in [6.07, 6.45) is 5.33. The highest BCUT2D eigenvalue weighted by atomic mass is 32.2. The zero-order chi connectivity index (χ0) is 22.1. The van der Waals surface area contributed by atoms with Gasteiger partial charge in [0.2, 0.25) is 0 Å². The number of hydrogen-bond acceptors (Lipinski definition) is 5. The van der Waals surface area contributed by atoms with Gasteiger partial charge in [-0.05, 0) is 62.2 Å². The topological polar surface area (TPSA) is 56.7 Å². The van der Waals surface area contributed by atoms with E-state index >= 15 is 0 Å². The quantitative estimate of drug-likeness (QED) is 0.544. The van der Waals surface area contributed by atoms with Crippen LogP contribution in [0, 0.1) is 5.92 Å². The molecule has 6 heteroatoms. The van der Waals surface area contributed by atoms with Crippen LogP contribution in [0.1, 0.15) is 40.9 Å². The van der Waals surface area contributed by atoms with E-state index in [1.165, 1.54) is 18.4 Å². The second kappa shape index (κ2) is 9.12. The Morgan fingerprint density at radius 2 is 1.88 bits per heavy atom. The van der Waals surface area contributed by atoms with Crippen molar-refractivity contribution < 1.29 is 9.90 Å². The molecule has 2 aromatic carbocycles. The minimum Gasteiger partial charge on any atom is -0.506 e. The third kappa shape index (κ3) is 4.09. The van der Waals surface area contributed by atoms with Crippen molar-refractivity contribution in [2.45, 2.75) is 37.2 Å². The van der Waals surface area contributed by atoms with Crippen LogP contribution in [-0.4, -0.2) is 51.7 Å². The van der Waals surface area contributed by atoms with Gasteiger partial charge in [-0.1, -0.05) is 36.4 Å². The van der Waals surface area contributed by atoms with Crippen LogP contribution in [0.3, 0.4) is 0 Å². The lowest BCUT2D eigenvalue weighted by atomic mass is 9.93. The Morgan fingerprint density at radius 1 is 1.09 bits per heavy atom. The van der Waals surface area contributed by atoms with Crippen molar-refractivity contribution in [1.29, 1.82) is 0 Å². The molecular formula is C26H29N3O2S. The first-order chi connectivity index (χ1) is 15.6. The van der Waals surface area contributed by atoms with E-state index in [9.17, 15) is 9.90 Å². The molecular weight excluding hydrogens is 418 g/mol. The van der Waals surface area contributed by atoms with Crippen molar-refractivity contribution in [2.75, 3.05) is 25.9 Å². The highest BCUT2D eigenvalue weighted by molar-refractivity contribution is 7.98. The van der Waals surface area contributed by atoms with E-state index < -0.39 is 0 Å². The molecule has 1 N–H and O–H groups in total. The zero-order valence-corrected chi connectivity index (χ0v) is 19.3. The van der Waals surface area contributed by atoms with Gasteiger partial charge in [0.15, 0.2) is 0 Å². The Kier molecular flexibility index (Phi) is 6.07. The monoisotopic (exact) mass is 447 g/mol. The predicted octanol–water partition coefficient (Wildman–Crippen LogP) is 4.92. The average molecular weight is 448 g/mol. The molecule has 3 aromatic rings. The number of aromatic hydroxyl groups is 1. The number of aromatic nitrogens is 1. The third-order valence-corrected chi connectivity index (χ3v) is 7.63. The van der Waals surface area contributed by atoms with Crippen molar-refractivity contribution >= 4 is 28.6 Å². The van der Waals surface area contributed by atoms with Crippen molar-refractivity contribution in [3.05, 3.63) is 65.4 Å². The van der Waals surface area contributed by atoms with E-state index in [4.69, 9.17) is 4.98 Å². The number of carbonyl (C=O) groups excluding carboxylic acids is 1. The standard InChI is InChI=1S/C26H29N3O2S/c1-32-22-9-5-8-20-23(22)25(30)24-21(27-20)17-29(26(24)31)15-12-18-10-13-28(14-11-18)16-19-6-3-2-4-7-19/h2-9,18H,10-17H2,1H3,(H,27,30). The molecule has 1 saturated heterocycles. The third-order valence-electron chi connectivity index (χ3n) is 6.85. The van der Waals surface area contributed by atoms with Crippen LogP contribution in [0.2, 0.25) is 0 Å². The molecule has 2 aliphatic rings. The Hall–Kier alpha value is -2.57. The summed E-state index contributed by atoms with van der Waals surface area (Å²) in [5.41, 5.74) is 3.23. The molecule has 0 atom stereocenters. The molecule has 1 amide bonds. The summed E-state index contributed by atoms with van der Waals surface area (Å²) in [4.78, 5) is 23.2. The van der Waals surface area contributed by atoms with Gasteiger partial charge in [-0.2, -0.15) is 0 Å². The number of amides is 1. The number of likely N-dealkylation sites (tertiary alicyclic amines) is 1. The van der Waals surface area contributed by atoms with E-state index in [1.807, 2.05) is 29.4 Å². The van der Waals surface area contributed by atoms with Crippen LogP contribution < -0.4 is 0 Å². The molecule has 0 radical (unpaired) electrons. The Balaban J connectivity index is 1.20. The van der Waals surface area contributed by atoms with Crippen molar-refractivity contribution in [3.63, 3.8) is 0 Å². The van der Waals surface area contributed by atoms with Gasteiger partial charge < -0.3 is 10.0 Å². The fourth-order valence-electron chi connectivity index (χ4n) is 5.03. The number of piperidine rings is 1. The fourth-order valence-corrected chi connectivity index (χ4v) is 5.65.